The number of nitrogens with one attached hydrogen (secondary N) is 1. The first-order valence-electron chi connectivity index (χ1n) is 5.60. The van der Waals surface area contributed by atoms with Crippen LogP contribution >= 0.6 is 0 Å². The van der Waals surface area contributed by atoms with Gasteiger partial charge in [-0.2, -0.15) is 0 Å². The second-order valence-electron chi connectivity index (χ2n) is 4.04. The van der Waals surface area contributed by atoms with Gasteiger partial charge in [-0.3, -0.25) is 4.98 Å². The summed E-state index contributed by atoms with van der Waals surface area (Å²) in [6.45, 7) is 3.68. The Morgan fingerprint density at radius 2 is 2.12 bits per heavy atom. The molecule has 0 aliphatic heterocycles. The van der Waals surface area contributed by atoms with Crippen molar-refractivity contribution in [2.24, 2.45) is 5.92 Å². The van der Waals surface area contributed by atoms with Crippen LogP contribution in [0.1, 0.15) is 6.92 Å². The van der Waals surface area contributed by atoms with Crippen molar-refractivity contribution >= 4 is 17.0 Å². The number of nitrogens with zero attached hydrogens (tertiary/aromatic N) is 3. The summed E-state index contributed by atoms with van der Waals surface area (Å²) in [7, 11) is 1.71. The summed E-state index contributed by atoms with van der Waals surface area (Å²) in [5, 5.41) is 3.26. The molecule has 0 aromatic carbocycles. The van der Waals surface area contributed by atoms with Gasteiger partial charge in [0.25, 0.3) is 0 Å². The number of ether oxygens (including phenoxy) is 1. The normalized spacial score (nSPS) is 12.6. The number of rotatable bonds is 5. The van der Waals surface area contributed by atoms with E-state index in [4.69, 9.17) is 4.74 Å². The summed E-state index contributed by atoms with van der Waals surface area (Å²) in [5.74, 6) is 1.26. The molecule has 0 saturated carbocycles. The Hall–Kier alpha value is -1.75. The zero-order valence-corrected chi connectivity index (χ0v) is 10.1. The highest BCUT2D eigenvalue weighted by Crippen LogP contribution is 2.10. The average Bonchev–Trinajstić information content (AvgIpc) is 2.36. The molecule has 1 N–H and O–H groups in total. The maximum Gasteiger partial charge on any atom is 0.180 e. The van der Waals surface area contributed by atoms with Gasteiger partial charge in [-0.15, -0.1) is 0 Å². The Labute approximate surface area is 100 Å². The van der Waals surface area contributed by atoms with Crippen LogP contribution < -0.4 is 5.32 Å². The second kappa shape index (κ2) is 5.54. The van der Waals surface area contributed by atoms with Crippen LogP contribution in [0.4, 0.5) is 5.82 Å². The Bertz CT molecular complexity index is 489. The molecular weight excluding hydrogens is 216 g/mol. The van der Waals surface area contributed by atoms with Crippen LogP contribution in [0.3, 0.4) is 0 Å². The predicted molar refractivity (Wildman–Crippen MR) is 66.9 cm³/mol. The largest absolute Gasteiger partial charge is 0.384 e. The van der Waals surface area contributed by atoms with Crippen molar-refractivity contribution in [3.63, 3.8) is 0 Å². The molecule has 0 fully saturated rings. The van der Waals surface area contributed by atoms with Gasteiger partial charge in [0.05, 0.1) is 6.61 Å². The minimum atomic E-state index is 0.444. The molecular formula is C12H16N4O. The SMILES string of the molecule is COCC(C)CNc1ccc2nccnc2n1. The smallest absolute Gasteiger partial charge is 0.180 e. The number of methoxy groups -OCH3 is 1. The van der Waals surface area contributed by atoms with Gasteiger partial charge in [-0.25, -0.2) is 9.97 Å². The molecule has 2 aromatic heterocycles. The second-order valence-corrected chi connectivity index (χ2v) is 4.04. The van der Waals surface area contributed by atoms with Crippen LogP contribution in [0.25, 0.3) is 11.2 Å². The lowest BCUT2D eigenvalue weighted by molar-refractivity contribution is 0.164. The summed E-state index contributed by atoms with van der Waals surface area (Å²) in [5.41, 5.74) is 1.47. The van der Waals surface area contributed by atoms with Crippen molar-refractivity contribution in [2.75, 3.05) is 25.6 Å². The van der Waals surface area contributed by atoms with Gasteiger partial charge in [0.1, 0.15) is 11.3 Å². The van der Waals surface area contributed by atoms with Gasteiger partial charge < -0.3 is 10.1 Å². The third-order valence-corrected chi connectivity index (χ3v) is 2.41. The predicted octanol–water partition coefficient (Wildman–Crippen LogP) is 1.72. The lowest BCUT2D eigenvalue weighted by Gasteiger charge is -2.11. The van der Waals surface area contributed by atoms with Crippen LogP contribution in [0.5, 0.6) is 0 Å². The van der Waals surface area contributed by atoms with Gasteiger partial charge in [0, 0.05) is 26.0 Å². The van der Waals surface area contributed by atoms with Crippen molar-refractivity contribution in [3.8, 4) is 0 Å². The van der Waals surface area contributed by atoms with E-state index in [-0.39, 0.29) is 0 Å². The minimum absolute atomic E-state index is 0.444. The minimum Gasteiger partial charge on any atom is -0.384 e. The monoisotopic (exact) mass is 232 g/mol. The van der Waals surface area contributed by atoms with Crippen LogP contribution in [-0.2, 0) is 4.74 Å². The Morgan fingerprint density at radius 3 is 2.94 bits per heavy atom. The zero-order valence-electron chi connectivity index (χ0n) is 10.1. The van der Waals surface area contributed by atoms with E-state index in [9.17, 15) is 0 Å². The van der Waals surface area contributed by atoms with E-state index in [1.165, 1.54) is 0 Å². The number of anilines is 1. The Morgan fingerprint density at radius 1 is 1.29 bits per heavy atom. The average molecular weight is 232 g/mol. The maximum atomic E-state index is 5.08. The highest BCUT2D eigenvalue weighted by atomic mass is 16.5. The van der Waals surface area contributed by atoms with Crippen LogP contribution in [0, 0.1) is 5.92 Å². The van der Waals surface area contributed by atoms with Crippen molar-refractivity contribution in [3.05, 3.63) is 24.5 Å². The maximum absolute atomic E-state index is 5.08. The summed E-state index contributed by atoms with van der Waals surface area (Å²) >= 11 is 0. The van der Waals surface area contributed by atoms with Gasteiger partial charge in [0.15, 0.2) is 5.65 Å². The van der Waals surface area contributed by atoms with Crippen molar-refractivity contribution < 1.29 is 4.74 Å². The fraction of sp³-hybridized carbons (Fsp3) is 0.417. The molecule has 2 aromatic rings. The molecule has 0 radical (unpaired) electrons. The van der Waals surface area contributed by atoms with E-state index in [2.05, 4.69) is 27.2 Å². The molecule has 0 aliphatic carbocycles. The standard InChI is InChI=1S/C12H16N4O/c1-9(8-17-2)7-15-11-4-3-10-12(16-11)14-6-5-13-10/h3-6,9H,7-8H2,1-2H3,(H,14,15,16). The Balaban J connectivity index is 2.04. The summed E-state index contributed by atoms with van der Waals surface area (Å²) in [6, 6.07) is 3.83. The van der Waals surface area contributed by atoms with E-state index < -0.39 is 0 Å². The number of hydrogen-bond acceptors (Lipinski definition) is 5. The highest BCUT2D eigenvalue weighted by molar-refractivity contribution is 5.71. The van der Waals surface area contributed by atoms with Crippen LogP contribution in [0.2, 0.25) is 0 Å². The summed E-state index contributed by atoms with van der Waals surface area (Å²) < 4.78 is 5.08. The molecule has 5 heteroatoms. The first kappa shape index (κ1) is 11.7. The van der Waals surface area contributed by atoms with Crippen LogP contribution in [-0.4, -0.2) is 35.2 Å². The molecule has 0 spiro atoms. The molecule has 5 nitrogen and oxygen atoms in total. The molecule has 0 bridgehead atoms. The fourth-order valence-corrected chi connectivity index (χ4v) is 1.58. The quantitative estimate of drug-likeness (QED) is 0.850. The van der Waals surface area contributed by atoms with Gasteiger partial charge >= 0.3 is 0 Å². The van der Waals surface area contributed by atoms with E-state index in [1.54, 1.807) is 19.5 Å². The van der Waals surface area contributed by atoms with E-state index >= 15 is 0 Å². The highest BCUT2D eigenvalue weighted by Gasteiger charge is 2.03. The third kappa shape index (κ3) is 3.10. The van der Waals surface area contributed by atoms with Crippen LogP contribution in [0.15, 0.2) is 24.5 Å². The van der Waals surface area contributed by atoms with Gasteiger partial charge in [-0.1, -0.05) is 6.92 Å². The van der Waals surface area contributed by atoms with E-state index in [0.717, 1.165) is 24.5 Å². The molecule has 2 heterocycles. The van der Waals surface area contributed by atoms with Gasteiger partial charge in [0.2, 0.25) is 0 Å². The number of aromatic nitrogens is 3. The number of hydrogen-bond donors (Lipinski definition) is 1. The lowest BCUT2D eigenvalue weighted by Crippen LogP contribution is -2.16. The van der Waals surface area contributed by atoms with E-state index in [1.807, 2.05) is 12.1 Å². The summed E-state index contributed by atoms with van der Waals surface area (Å²) in [4.78, 5) is 12.7. The first-order chi connectivity index (χ1) is 8.29. The van der Waals surface area contributed by atoms with Crippen molar-refractivity contribution in [1.29, 1.82) is 0 Å². The molecule has 2 rings (SSSR count). The topological polar surface area (TPSA) is 59.9 Å². The third-order valence-electron chi connectivity index (χ3n) is 2.41. The number of pyridine rings is 1. The molecule has 0 aliphatic rings. The molecule has 90 valence electrons. The van der Waals surface area contributed by atoms with Gasteiger partial charge in [-0.05, 0) is 18.1 Å². The molecule has 1 unspecified atom stereocenters. The fourth-order valence-electron chi connectivity index (χ4n) is 1.58. The Kier molecular flexibility index (Phi) is 3.82. The number of fused-ring (bicyclic) bond motifs is 1. The summed E-state index contributed by atoms with van der Waals surface area (Å²) in [6.07, 6.45) is 3.31. The zero-order chi connectivity index (χ0) is 12.1. The van der Waals surface area contributed by atoms with Crippen molar-refractivity contribution in [1.82, 2.24) is 15.0 Å². The molecule has 17 heavy (non-hydrogen) atoms. The molecule has 0 saturated heterocycles. The van der Waals surface area contributed by atoms with E-state index in [0.29, 0.717) is 11.6 Å². The first-order valence-corrected chi connectivity index (χ1v) is 5.60. The lowest BCUT2D eigenvalue weighted by atomic mass is 10.2. The molecule has 1 atom stereocenters. The molecule has 0 amide bonds. The van der Waals surface area contributed by atoms with Crippen molar-refractivity contribution in [2.45, 2.75) is 6.92 Å².